The van der Waals surface area contributed by atoms with Crippen LogP contribution in [0.4, 0.5) is 5.69 Å². The van der Waals surface area contributed by atoms with E-state index >= 15 is 0 Å². The van der Waals surface area contributed by atoms with Crippen LogP contribution >= 0.6 is 11.6 Å². The first-order valence-electron chi connectivity index (χ1n) is 5.72. The number of nitrogens with zero attached hydrogens (tertiary/aromatic N) is 2. The average Bonchev–Trinajstić information content (AvgIpc) is 2.30. The van der Waals surface area contributed by atoms with Crippen LogP contribution in [-0.4, -0.2) is 22.4 Å². The fraction of sp³-hybridized carbons (Fsp3) is 0.636. The first-order chi connectivity index (χ1) is 7.97. The molecule has 5 nitrogen and oxygen atoms in total. The standard InChI is InChI=1S/C11H19ClN4O/c1-4-16-11(17)10(12)9(6-15-16)14-5-8(13)7(2)3/h6-8,14H,4-5,13H2,1-3H3. The number of nitrogens with two attached hydrogens (primary N) is 1. The molecule has 3 N–H and O–H groups in total. The van der Waals surface area contributed by atoms with Gasteiger partial charge in [0.2, 0.25) is 0 Å². The zero-order valence-electron chi connectivity index (χ0n) is 10.4. The van der Waals surface area contributed by atoms with E-state index in [0.717, 1.165) is 0 Å². The van der Waals surface area contributed by atoms with E-state index in [1.165, 1.54) is 4.68 Å². The van der Waals surface area contributed by atoms with Crippen molar-refractivity contribution in [2.24, 2.45) is 11.7 Å². The van der Waals surface area contributed by atoms with Gasteiger partial charge in [-0.3, -0.25) is 4.79 Å². The van der Waals surface area contributed by atoms with Crippen LogP contribution in [0.3, 0.4) is 0 Å². The summed E-state index contributed by atoms with van der Waals surface area (Å²) in [6.07, 6.45) is 1.56. The van der Waals surface area contributed by atoms with Gasteiger partial charge >= 0.3 is 0 Å². The van der Waals surface area contributed by atoms with Crippen LogP contribution in [-0.2, 0) is 6.54 Å². The molecule has 0 amide bonds. The van der Waals surface area contributed by atoms with Gasteiger partial charge in [-0.25, -0.2) is 4.68 Å². The summed E-state index contributed by atoms with van der Waals surface area (Å²) in [4.78, 5) is 11.7. The highest BCUT2D eigenvalue weighted by molar-refractivity contribution is 6.32. The van der Waals surface area contributed by atoms with E-state index in [9.17, 15) is 4.79 Å². The third-order valence-electron chi connectivity index (χ3n) is 2.67. The highest BCUT2D eigenvalue weighted by atomic mass is 35.5. The summed E-state index contributed by atoms with van der Waals surface area (Å²) >= 11 is 5.96. The third-order valence-corrected chi connectivity index (χ3v) is 3.03. The minimum absolute atomic E-state index is 0.0136. The van der Waals surface area contributed by atoms with Gasteiger partial charge in [-0.2, -0.15) is 5.10 Å². The summed E-state index contributed by atoms with van der Waals surface area (Å²) < 4.78 is 1.32. The molecule has 1 rings (SSSR count). The van der Waals surface area contributed by atoms with Gasteiger partial charge in [0.1, 0.15) is 5.02 Å². The Balaban J connectivity index is 2.80. The zero-order valence-corrected chi connectivity index (χ0v) is 11.2. The zero-order chi connectivity index (χ0) is 13.0. The van der Waals surface area contributed by atoms with Crippen molar-refractivity contribution < 1.29 is 0 Å². The van der Waals surface area contributed by atoms with Gasteiger partial charge in [0.05, 0.1) is 11.9 Å². The predicted octanol–water partition coefficient (Wildman–Crippen LogP) is 1.31. The maximum Gasteiger partial charge on any atom is 0.287 e. The van der Waals surface area contributed by atoms with Crippen molar-refractivity contribution in [1.82, 2.24) is 9.78 Å². The van der Waals surface area contributed by atoms with Crippen LogP contribution in [0.25, 0.3) is 0 Å². The molecule has 1 unspecified atom stereocenters. The Morgan fingerprint density at radius 2 is 2.24 bits per heavy atom. The summed E-state index contributed by atoms with van der Waals surface area (Å²) in [5, 5.41) is 7.21. The summed E-state index contributed by atoms with van der Waals surface area (Å²) in [7, 11) is 0. The van der Waals surface area contributed by atoms with E-state index in [4.69, 9.17) is 17.3 Å². The van der Waals surface area contributed by atoms with E-state index < -0.39 is 0 Å². The van der Waals surface area contributed by atoms with Crippen molar-refractivity contribution in [2.45, 2.75) is 33.4 Å². The lowest BCUT2D eigenvalue weighted by Gasteiger charge is -2.17. The Morgan fingerprint density at radius 3 is 2.76 bits per heavy atom. The minimum Gasteiger partial charge on any atom is -0.381 e. The maximum atomic E-state index is 11.7. The highest BCUT2D eigenvalue weighted by Crippen LogP contribution is 2.15. The first-order valence-corrected chi connectivity index (χ1v) is 6.10. The normalized spacial score (nSPS) is 12.8. The largest absolute Gasteiger partial charge is 0.381 e. The number of rotatable bonds is 5. The van der Waals surface area contributed by atoms with Gasteiger partial charge < -0.3 is 11.1 Å². The van der Waals surface area contributed by atoms with Gasteiger partial charge in [-0.15, -0.1) is 0 Å². The van der Waals surface area contributed by atoms with Gasteiger partial charge in [-0.05, 0) is 12.8 Å². The number of nitrogens with one attached hydrogen (secondary N) is 1. The van der Waals surface area contributed by atoms with E-state index in [1.807, 2.05) is 20.8 Å². The van der Waals surface area contributed by atoms with E-state index in [-0.39, 0.29) is 16.6 Å². The molecule has 1 heterocycles. The highest BCUT2D eigenvalue weighted by Gasteiger charge is 2.11. The van der Waals surface area contributed by atoms with Gasteiger partial charge in [0.15, 0.2) is 0 Å². The number of hydrogen-bond donors (Lipinski definition) is 2. The summed E-state index contributed by atoms with van der Waals surface area (Å²) in [6.45, 7) is 6.99. The molecule has 0 radical (unpaired) electrons. The number of anilines is 1. The molecule has 96 valence electrons. The number of halogens is 1. The Labute approximate surface area is 106 Å². The Kier molecular flexibility index (Phi) is 4.96. The smallest absolute Gasteiger partial charge is 0.287 e. The van der Waals surface area contributed by atoms with Crippen molar-refractivity contribution >= 4 is 17.3 Å². The van der Waals surface area contributed by atoms with E-state index in [0.29, 0.717) is 24.7 Å². The topological polar surface area (TPSA) is 72.9 Å². The molecule has 17 heavy (non-hydrogen) atoms. The predicted molar refractivity (Wildman–Crippen MR) is 70.5 cm³/mol. The molecule has 0 fully saturated rings. The summed E-state index contributed by atoms with van der Waals surface area (Å²) in [5.74, 6) is 0.366. The fourth-order valence-electron chi connectivity index (χ4n) is 1.28. The molecule has 0 aliphatic carbocycles. The fourth-order valence-corrected chi connectivity index (χ4v) is 1.49. The van der Waals surface area contributed by atoms with E-state index in [1.54, 1.807) is 6.20 Å². The second kappa shape index (κ2) is 6.02. The van der Waals surface area contributed by atoms with Crippen LogP contribution in [0.2, 0.25) is 5.02 Å². The van der Waals surface area contributed by atoms with Gasteiger partial charge in [-0.1, -0.05) is 25.4 Å². The molecule has 6 heteroatoms. The number of hydrogen-bond acceptors (Lipinski definition) is 4. The van der Waals surface area contributed by atoms with Crippen molar-refractivity contribution in [3.63, 3.8) is 0 Å². The molecule has 0 aromatic carbocycles. The molecule has 1 aromatic heterocycles. The van der Waals surface area contributed by atoms with Crippen molar-refractivity contribution in [3.8, 4) is 0 Å². The van der Waals surface area contributed by atoms with Crippen LogP contribution < -0.4 is 16.6 Å². The number of aromatic nitrogens is 2. The van der Waals surface area contributed by atoms with Crippen LogP contribution in [0.1, 0.15) is 20.8 Å². The molecule has 1 atom stereocenters. The van der Waals surface area contributed by atoms with Gasteiger partial charge in [0.25, 0.3) is 5.56 Å². The minimum atomic E-state index is -0.280. The molecular formula is C11H19ClN4O. The lowest BCUT2D eigenvalue weighted by molar-refractivity contribution is 0.511. The summed E-state index contributed by atoms with van der Waals surface area (Å²) in [6, 6.07) is 0.0136. The average molecular weight is 259 g/mol. The SMILES string of the molecule is CCn1ncc(NCC(N)C(C)C)c(Cl)c1=O. The van der Waals surface area contributed by atoms with Crippen LogP contribution in [0.5, 0.6) is 0 Å². The quantitative estimate of drug-likeness (QED) is 0.835. The molecule has 1 aromatic rings. The molecule has 0 aliphatic heterocycles. The van der Waals surface area contributed by atoms with Gasteiger partial charge in [0, 0.05) is 19.1 Å². The maximum absolute atomic E-state index is 11.7. The second-order valence-electron chi connectivity index (χ2n) is 4.28. The van der Waals surface area contributed by atoms with Crippen LogP contribution in [0.15, 0.2) is 11.0 Å². The third kappa shape index (κ3) is 3.44. The van der Waals surface area contributed by atoms with Crippen molar-refractivity contribution in [2.75, 3.05) is 11.9 Å². The number of aryl methyl sites for hydroxylation is 1. The molecule has 0 saturated heterocycles. The molecular weight excluding hydrogens is 240 g/mol. The lowest BCUT2D eigenvalue weighted by atomic mass is 10.1. The van der Waals surface area contributed by atoms with Crippen LogP contribution in [0, 0.1) is 5.92 Å². The Hall–Kier alpha value is -1.07. The molecule has 0 spiro atoms. The monoisotopic (exact) mass is 258 g/mol. The first kappa shape index (κ1) is 14.0. The van der Waals surface area contributed by atoms with Crippen molar-refractivity contribution in [1.29, 1.82) is 0 Å². The Bertz CT molecular complexity index is 430. The molecule has 0 bridgehead atoms. The second-order valence-corrected chi connectivity index (χ2v) is 4.66. The van der Waals surface area contributed by atoms with E-state index in [2.05, 4.69) is 10.4 Å². The van der Waals surface area contributed by atoms with Crippen molar-refractivity contribution in [3.05, 3.63) is 21.6 Å². The Morgan fingerprint density at radius 1 is 1.59 bits per heavy atom. The molecule has 0 aliphatic rings. The summed E-state index contributed by atoms with van der Waals surface area (Å²) in [5.41, 5.74) is 6.16. The molecule has 0 saturated carbocycles. The lowest BCUT2D eigenvalue weighted by Crippen LogP contribution is -2.34.